The van der Waals surface area contributed by atoms with Crippen LogP contribution in [0.1, 0.15) is 24.5 Å². The number of methoxy groups -OCH3 is 2. The van der Waals surface area contributed by atoms with Gasteiger partial charge >= 0.3 is 0 Å². The highest BCUT2D eigenvalue weighted by Crippen LogP contribution is 2.29. The summed E-state index contributed by atoms with van der Waals surface area (Å²) in [7, 11) is 3.13. The molecular weight excluding hydrogens is 318 g/mol. The normalized spacial score (nSPS) is 11.6. The van der Waals surface area contributed by atoms with Crippen LogP contribution in [0.3, 0.4) is 0 Å². The molecule has 0 aromatic heterocycles. The molecule has 0 radical (unpaired) electrons. The molecule has 2 aromatic carbocycles. The van der Waals surface area contributed by atoms with Gasteiger partial charge < -0.3 is 19.5 Å². The molecule has 0 spiro atoms. The van der Waals surface area contributed by atoms with Crippen LogP contribution in [0.5, 0.6) is 17.2 Å². The first-order valence-corrected chi connectivity index (χ1v) is 8.25. The second kappa shape index (κ2) is 8.42. The summed E-state index contributed by atoms with van der Waals surface area (Å²) in [6, 6.07) is 11.1. The van der Waals surface area contributed by atoms with E-state index >= 15 is 0 Å². The highest BCUT2D eigenvalue weighted by atomic mass is 16.5. The van der Waals surface area contributed by atoms with Crippen LogP contribution < -0.4 is 19.5 Å². The lowest BCUT2D eigenvalue weighted by atomic mass is 10.1. The summed E-state index contributed by atoms with van der Waals surface area (Å²) in [4.78, 5) is 12.7. The summed E-state index contributed by atoms with van der Waals surface area (Å²) in [6.07, 6.45) is -0.0534. The molecule has 0 fully saturated rings. The van der Waals surface area contributed by atoms with Crippen molar-refractivity contribution >= 4 is 11.6 Å². The first-order chi connectivity index (χ1) is 12.0. The molecule has 2 rings (SSSR count). The second-order valence-corrected chi connectivity index (χ2v) is 5.77. The zero-order chi connectivity index (χ0) is 18.4. The summed E-state index contributed by atoms with van der Waals surface area (Å²) >= 11 is 0. The van der Waals surface area contributed by atoms with Gasteiger partial charge in [0, 0.05) is 6.07 Å². The van der Waals surface area contributed by atoms with Crippen LogP contribution in [0.15, 0.2) is 36.4 Å². The monoisotopic (exact) mass is 343 g/mol. The van der Waals surface area contributed by atoms with E-state index in [0.717, 1.165) is 16.9 Å². The average Bonchev–Trinajstić information content (AvgIpc) is 2.62. The van der Waals surface area contributed by atoms with Gasteiger partial charge in [-0.1, -0.05) is 19.1 Å². The molecule has 5 heteroatoms. The van der Waals surface area contributed by atoms with Crippen LogP contribution in [-0.4, -0.2) is 26.2 Å². The molecule has 0 heterocycles. The number of hydrogen-bond acceptors (Lipinski definition) is 4. The second-order valence-electron chi connectivity index (χ2n) is 5.77. The van der Waals surface area contributed by atoms with Crippen LogP contribution in [-0.2, 0) is 4.79 Å². The lowest BCUT2D eigenvalue weighted by molar-refractivity contribution is -0.122. The number of benzene rings is 2. The summed E-state index contributed by atoms with van der Waals surface area (Å²) in [6.45, 7) is 5.92. The molecule has 1 N–H and O–H groups in total. The molecule has 1 amide bonds. The van der Waals surface area contributed by atoms with E-state index in [2.05, 4.69) is 5.32 Å². The molecule has 0 saturated heterocycles. The van der Waals surface area contributed by atoms with Crippen molar-refractivity contribution < 1.29 is 19.0 Å². The summed E-state index contributed by atoms with van der Waals surface area (Å²) in [5.74, 6) is 1.70. The minimum Gasteiger partial charge on any atom is -0.497 e. The van der Waals surface area contributed by atoms with Gasteiger partial charge in [0.05, 0.1) is 19.9 Å². The largest absolute Gasteiger partial charge is 0.497 e. The fourth-order valence-electron chi connectivity index (χ4n) is 2.45. The average molecular weight is 343 g/mol. The predicted molar refractivity (Wildman–Crippen MR) is 98.8 cm³/mol. The quantitative estimate of drug-likeness (QED) is 0.822. The number of ether oxygens (including phenoxy) is 3. The van der Waals surface area contributed by atoms with Crippen molar-refractivity contribution in [2.75, 3.05) is 19.5 Å². The number of nitrogens with one attached hydrogen (secondary N) is 1. The van der Waals surface area contributed by atoms with E-state index in [0.29, 0.717) is 23.6 Å². The van der Waals surface area contributed by atoms with Crippen molar-refractivity contribution in [2.45, 2.75) is 33.3 Å². The molecular formula is C20H25NO4. The maximum absolute atomic E-state index is 12.7. The SMILES string of the molecule is CCC(Oc1cccc(C)c1C)C(=O)Nc1cc(OC)ccc1OC. The van der Waals surface area contributed by atoms with Crippen molar-refractivity contribution in [3.8, 4) is 17.2 Å². The number of hydrogen-bond donors (Lipinski definition) is 1. The van der Waals surface area contributed by atoms with E-state index in [1.165, 1.54) is 0 Å². The van der Waals surface area contributed by atoms with Gasteiger partial charge in [0.1, 0.15) is 17.2 Å². The van der Waals surface area contributed by atoms with Gasteiger partial charge in [-0.15, -0.1) is 0 Å². The molecule has 0 aliphatic rings. The molecule has 1 unspecified atom stereocenters. The van der Waals surface area contributed by atoms with Crippen LogP contribution in [0.2, 0.25) is 0 Å². The number of carbonyl (C=O) groups is 1. The van der Waals surface area contributed by atoms with E-state index in [4.69, 9.17) is 14.2 Å². The van der Waals surface area contributed by atoms with Gasteiger partial charge in [0.2, 0.25) is 0 Å². The molecule has 0 aliphatic heterocycles. The van der Waals surface area contributed by atoms with Crippen LogP contribution in [0.4, 0.5) is 5.69 Å². The highest BCUT2D eigenvalue weighted by Gasteiger charge is 2.21. The van der Waals surface area contributed by atoms with Crippen molar-refractivity contribution in [1.82, 2.24) is 0 Å². The fraction of sp³-hybridized carbons (Fsp3) is 0.350. The lowest BCUT2D eigenvalue weighted by Gasteiger charge is -2.20. The van der Waals surface area contributed by atoms with E-state index < -0.39 is 6.10 Å². The van der Waals surface area contributed by atoms with Gasteiger partial charge in [-0.3, -0.25) is 4.79 Å². The number of anilines is 1. The van der Waals surface area contributed by atoms with Gasteiger partial charge in [0.15, 0.2) is 6.10 Å². The fourth-order valence-corrected chi connectivity index (χ4v) is 2.45. The maximum atomic E-state index is 12.7. The predicted octanol–water partition coefficient (Wildman–Crippen LogP) is 4.12. The third-order valence-electron chi connectivity index (χ3n) is 4.15. The minimum atomic E-state index is -0.601. The van der Waals surface area contributed by atoms with Gasteiger partial charge in [-0.2, -0.15) is 0 Å². The standard InChI is InChI=1S/C20H25NO4/c1-6-17(25-18-9-7-8-13(2)14(18)3)20(22)21-16-12-15(23-4)10-11-19(16)24-5/h7-12,17H,6H2,1-5H3,(H,21,22). The van der Waals surface area contributed by atoms with Crippen molar-refractivity contribution in [1.29, 1.82) is 0 Å². The van der Waals surface area contributed by atoms with Gasteiger partial charge in [-0.25, -0.2) is 0 Å². The molecule has 134 valence electrons. The summed E-state index contributed by atoms with van der Waals surface area (Å²) in [5, 5.41) is 2.87. The summed E-state index contributed by atoms with van der Waals surface area (Å²) < 4.78 is 16.5. The Labute approximate surface area is 148 Å². The zero-order valence-corrected chi connectivity index (χ0v) is 15.4. The Morgan fingerprint density at radius 2 is 1.84 bits per heavy atom. The number of rotatable bonds is 7. The van der Waals surface area contributed by atoms with E-state index in [1.807, 2.05) is 39.0 Å². The third kappa shape index (κ3) is 4.44. The topological polar surface area (TPSA) is 56.8 Å². The van der Waals surface area contributed by atoms with Crippen molar-refractivity contribution in [2.24, 2.45) is 0 Å². The Morgan fingerprint density at radius 3 is 2.48 bits per heavy atom. The molecule has 0 bridgehead atoms. The first kappa shape index (κ1) is 18.6. The van der Waals surface area contributed by atoms with E-state index in [9.17, 15) is 4.79 Å². The molecule has 0 saturated carbocycles. The number of carbonyl (C=O) groups excluding carboxylic acids is 1. The van der Waals surface area contributed by atoms with Crippen LogP contribution in [0, 0.1) is 13.8 Å². The minimum absolute atomic E-state index is 0.227. The number of aryl methyl sites for hydroxylation is 1. The Morgan fingerprint density at radius 1 is 1.08 bits per heavy atom. The molecule has 0 aliphatic carbocycles. The van der Waals surface area contributed by atoms with Crippen LogP contribution >= 0.6 is 0 Å². The van der Waals surface area contributed by atoms with E-state index in [-0.39, 0.29) is 5.91 Å². The van der Waals surface area contributed by atoms with Crippen molar-refractivity contribution in [3.05, 3.63) is 47.5 Å². The Bertz CT molecular complexity index is 742. The summed E-state index contributed by atoms with van der Waals surface area (Å²) in [5.41, 5.74) is 2.71. The maximum Gasteiger partial charge on any atom is 0.265 e. The highest BCUT2D eigenvalue weighted by molar-refractivity contribution is 5.95. The Balaban J connectivity index is 2.19. The van der Waals surface area contributed by atoms with Gasteiger partial charge in [0.25, 0.3) is 5.91 Å². The Hall–Kier alpha value is -2.69. The Kier molecular flexibility index (Phi) is 6.28. The van der Waals surface area contributed by atoms with Crippen molar-refractivity contribution in [3.63, 3.8) is 0 Å². The molecule has 1 atom stereocenters. The number of amides is 1. The third-order valence-corrected chi connectivity index (χ3v) is 4.15. The van der Waals surface area contributed by atoms with Crippen LogP contribution in [0.25, 0.3) is 0 Å². The lowest BCUT2D eigenvalue weighted by Crippen LogP contribution is -2.32. The molecule has 25 heavy (non-hydrogen) atoms. The molecule has 5 nitrogen and oxygen atoms in total. The zero-order valence-electron chi connectivity index (χ0n) is 15.4. The van der Waals surface area contributed by atoms with Gasteiger partial charge in [-0.05, 0) is 49.6 Å². The van der Waals surface area contributed by atoms with E-state index in [1.54, 1.807) is 32.4 Å². The first-order valence-electron chi connectivity index (χ1n) is 8.25. The molecule has 2 aromatic rings. The smallest absolute Gasteiger partial charge is 0.265 e.